The monoisotopic (exact) mass is 350 g/mol. The number of benzene rings is 1. The molecular weight excluding hydrogens is 320 g/mol. The molecule has 0 aliphatic heterocycles. The molecule has 0 heterocycles. The number of nitrogens with two attached hydrogens (primary N) is 1. The second-order valence-corrected chi connectivity index (χ2v) is 6.99. The van der Waals surface area contributed by atoms with E-state index in [2.05, 4.69) is 0 Å². The highest BCUT2D eigenvalue weighted by atomic mass is 16.5. The van der Waals surface area contributed by atoms with Crippen LogP contribution < -0.4 is 15.2 Å². The number of Topliss-reactive ketones (excluding diaryl/α,β-unsaturated/α-hetero) is 1. The maximum absolute atomic E-state index is 12.2. The van der Waals surface area contributed by atoms with Crippen molar-refractivity contribution >= 4 is 11.7 Å². The van der Waals surface area contributed by atoms with Gasteiger partial charge in [-0.25, -0.2) is 0 Å². The molecule has 140 valence electrons. The molecule has 0 unspecified atom stereocenters. The molecular formula is C19H30N2O4. The summed E-state index contributed by atoms with van der Waals surface area (Å²) in [6, 6.07) is 5.08. The third-order valence-electron chi connectivity index (χ3n) is 4.01. The molecule has 0 spiro atoms. The summed E-state index contributed by atoms with van der Waals surface area (Å²) < 4.78 is 10.9. The number of carbonyl (C=O) groups excluding carboxylic acids is 2. The third kappa shape index (κ3) is 6.74. The molecule has 1 amide bonds. The van der Waals surface area contributed by atoms with Gasteiger partial charge in [-0.1, -0.05) is 13.8 Å². The molecule has 0 fully saturated rings. The van der Waals surface area contributed by atoms with Crippen molar-refractivity contribution in [2.24, 2.45) is 11.1 Å². The van der Waals surface area contributed by atoms with E-state index in [0.717, 1.165) is 0 Å². The Balaban J connectivity index is 2.48. The van der Waals surface area contributed by atoms with Crippen LogP contribution in [0.5, 0.6) is 11.5 Å². The second kappa shape index (κ2) is 9.42. The molecule has 6 heteroatoms. The predicted octanol–water partition coefficient (Wildman–Crippen LogP) is 2.50. The van der Waals surface area contributed by atoms with Gasteiger partial charge in [-0.3, -0.25) is 9.59 Å². The first-order chi connectivity index (χ1) is 11.7. The SMILES string of the molecule is COc1cc(C(C)=O)ccc1OCCCC(=O)N(C)CC(C)(C)CN. The van der Waals surface area contributed by atoms with E-state index < -0.39 is 0 Å². The number of nitrogens with zero attached hydrogens (tertiary/aromatic N) is 1. The van der Waals surface area contributed by atoms with Crippen LogP contribution >= 0.6 is 0 Å². The molecule has 0 atom stereocenters. The minimum Gasteiger partial charge on any atom is -0.493 e. The molecule has 0 radical (unpaired) electrons. The number of carbonyl (C=O) groups is 2. The first-order valence-corrected chi connectivity index (χ1v) is 8.46. The molecule has 0 aliphatic carbocycles. The molecule has 25 heavy (non-hydrogen) atoms. The zero-order valence-electron chi connectivity index (χ0n) is 15.9. The Labute approximate surface area is 150 Å². The predicted molar refractivity (Wildman–Crippen MR) is 98.2 cm³/mol. The lowest BCUT2D eigenvalue weighted by Gasteiger charge is -2.29. The van der Waals surface area contributed by atoms with E-state index in [-0.39, 0.29) is 17.1 Å². The zero-order chi connectivity index (χ0) is 19.0. The van der Waals surface area contributed by atoms with E-state index in [1.54, 1.807) is 30.1 Å². The van der Waals surface area contributed by atoms with Gasteiger partial charge >= 0.3 is 0 Å². The van der Waals surface area contributed by atoms with Crippen molar-refractivity contribution in [3.05, 3.63) is 23.8 Å². The maximum atomic E-state index is 12.2. The average Bonchev–Trinajstić information content (AvgIpc) is 2.57. The number of ketones is 1. The van der Waals surface area contributed by atoms with Crippen LogP contribution in [0.2, 0.25) is 0 Å². The van der Waals surface area contributed by atoms with Gasteiger partial charge in [-0.05, 0) is 43.5 Å². The van der Waals surface area contributed by atoms with E-state index in [9.17, 15) is 9.59 Å². The van der Waals surface area contributed by atoms with Crippen LogP contribution in [0.4, 0.5) is 0 Å². The van der Waals surface area contributed by atoms with Crippen LogP contribution in [0.25, 0.3) is 0 Å². The summed E-state index contributed by atoms with van der Waals surface area (Å²) in [5, 5.41) is 0. The van der Waals surface area contributed by atoms with Gasteiger partial charge in [-0.15, -0.1) is 0 Å². The van der Waals surface area contributed by atoms with Crippen molar-refractivity contribution in [3.8, 4) is 11.5 Å². The minimum absolute atomic E-state index is 0.0288. The number of methoxy groups -OCH3 is 1. The van der Waals surface area contributed by atoms with Gasteiger partial charge in [0, 0.05) is 25.6 Å². The van der Waals surface area contributed by atoms with Crippen LogP contribution in [0.3, 0.4) is 0 Å². The fraction of sp³-hybridized carbons (Fsp3) is 0.579. The molecule has 1 aromatic rings. The van der Waals surface area contributed by atoms with E-state index in [1.165, 1.54) is 14.0 Å². The lowest BCUT2D eigenvalue weighted by molar-refractivity contribution is -0.131. The zero-order valence-corrected chi connectivity index (χ0v) is 15.9. The van der Waals surface area contributed by atoms with Crippen LogP contribution in [0.1, 0.15) is 44.0 Å². The highest BCUT2D eigenvalue weighted by molar-refractivity contribution is 5.94. The Morgan fingerprint density at radius 2 is 1.92 bits per heavy atom. The Morgan fingerprint density at radius 1 is 1.24 bits per heavy atom. The first-order valence-electron chi connectivity index (χ1n) is 8.46. The Kier molecular flexibility index (Phi) is 7.90. The van der Waals surface area contributed by atoms with Crippen LogP contribution in [-0.2, 0) is 4.79 Å². The van der Waals surface area contributed by atoms with Crippen molar-refractivity contribution in [2.75, 3.05) is 33.9 Å². The van der Waals surface area contributed by atoms with Gasteiger partial charge in [0.05, 0.1) is 13.7 Å². The van der Waals surface area contributed by atoms with Gasteiger partial charge in [0.15, 0.2) is 17.3 Å². The number of hydrogen-bond acceptors (Lipinski definition) is 5. The van der Waals surface area contributed by atoms with E-state index in [4.69, 9.17) is 15.2 Å². The fourth-order valence-electron chi connectivity index (χ4n) is 2.40. The summed E-state index contributed by atoms with van der Waals surface area (Å²) >= 11 is 0. The summed E-state index contributed by atoms with van der Waals surface area (Å²) in [4.78, 5) is 25.3. The number of hydrogen-bond donors (Lipinski definition) is 1. The lowest BCUT2D eigenvalue weighted by atomic mass is 9.93. The molecule has 0 saturated heterocycles. The van der Waals surface area contributed by atoms with E-state index in [0.29, 0.717) is 49.6 Å². The number of amides is 1. The lowest BCUT2D eigenvalue weighted by Crippen LogP contribution is -2.39. The van der Waals surface area contributed by atoms with Crippen molar-refractivity contribution in [2.45, 2.75) is 33.6 Å². The molecule has 2 N–H and O–H groups in total. The van der Waals surface area contributed by atoms with Crippen molar-refractivity contribution in [1.82, 2.24) is 4.90 Å². The number of rotatable bonds is 10. The Bertz CT molecular complexity index is 599. The van der Waals surface area contributed by atoms with Gasteiger partial charge in [-0.2, -0.15) is 0 Å². The van der Waals surface area contributed by atoms with Crippen LogP contribution in [0, 0.1) is 5.41 Å². The van der Waals surface area contributed by atoms with Gasteiger partial charge in [0.2, 0.25) is 5.91 Å². The minimum atomic E-state index is -0.0905. The summed E-state index contributed by atoms with van der Waals surface area (Å²) in [5.41, 5.74) is 6.19. The van der Waals surface area contributed by atoms with Crippen LogP contribution in [0.15, 0.2) is 18.2 Å². The van der Waals surface area contributed by atoms with Crippen molar-refractivity contribution in [1.29, 1.82) is 0 Å². The van der Waals surface area contributed by atoms with Gasteiger partial charge < -0.3 is 20.1 Å². The smallest absolute Gasteiger partial charge is 0.222 e. The summed E-state index contributed by atoms with van der Waals surface area (Å²) in [6.07, 6.45) is 1.01. The number of ether oxygens (including phenoxy) is 2. The van der Waals surface area contributed by atoms with Crippen molar-refractivity contribution < 1.29 is 19.1 Å². The molecule has 0 aromatic heterocycles. The molecule has 1 rings (SSSR count). The van der Waals surface area contributed by atoms with Crippen LogP contribution in [-0.4, -0.2) is 50.4 Å². The maximum Gasteiger partial charge on any atom is 0.222 e. The topological polar surface area (TPSA) is 81.9 Å². The molecule has 0 saturated carbocycles. The summed E-state index contributed by atoms with van der Waals surface area (Å²) in [7, 11) is 3.33. The van der Waals surface area contributed by atoms with E-state index >= 15 is 0 Å². The second-order valence-electron chi connectivity index (χ2n) is 6.99. The van der Waals surface area contributed by atoms with Gasteiger partial charge in [0.25, 0.3) is 0 Å². The third-order valence-corrected chi connectivity index (χ3v) is 4.01. The fourth-order valence-corrected chi connectivity index (χ4v) is 2.40. The first kappa shape index (κ1) is 21.0. The Hall–Kier alpha value is -2.08. The Morgan fingerprint density at radius 3 is 2.48 bits per heavy atom. The highest BCUT2D eigenvalue weighted by Gasteiger charge is 2.20. The quantitative estimate of drug-likeness (QED) is 0.518. The normalized spacial score (nSPS) is 11.1. The van der Waals surface area contributed by atoms with Gasteiger partial charge in [0.1, 0.15) is 0 Å². The molecule has 0 aliphatic rings. The molecule has 1 aromatic carbocycles. The van der Waals surface area contributed by atoms with E-state index in [1.807, 2.05) is 13.8 Å². The largest absolute Gasteiger partial charge is 0.493 e. The average molecular weight is 350 g/mol. The summed E-state index contributed by atoms with van der Waals surface area (Å²) in [6.45, 7) is 7.14. The standard InChI is InChI=1S/C19H30N2O4/c1-14(22)15-8-9-16(17(11-15)24-5)25-10-6-7-18(23)21(4)13-19(2,3)12-20/h8-9,11H,6-7,10,12-13,20H2,1-5H3. The van der Waals surface area contributed by atoms with Crippen molar-refractivity contribution in [3.63, 3.8) is 0 Å². The molecule has 6 nitrogen and oxygen atoms in total. The summed E-state index contributed by atoms with van der Waals surface area (Å²) in [5.74, 6) is 1.13. The highest BCUT2D eigenvalue weighted by Crippen LogP contribution is 2.28. The molecule has 0 bridgehead atoms.